The summed E-state index contributed by atoms with van der Waals surface area (Å²) < 4.78 is 0. The molecule has 0 radical (unpaired) electrons. The molecule has 0 aromatic carbocycles. The molecule has 5 nitrogen and oxygen atoms in total. The zero-order valence-corrected chi connectivity index (χ0v) is 8.82. The van der Waals surface area contributed by atoms with E-state index < -0.39 is 5.97 Å². The Labute approximate surface area is 89.2 Å². The van der Waals surface area contributed by atoms with E-state index in [0.29, 0.717) is 25.3 Å². The monoisotopic (exact) mass is 214 g/mol. The van der Waals surface area contributed by atoms with Crippen LogP contribution in [0.1, 0.15) is 25.7 Å². The highest BCUT2D eigenvalue weighted by atomic mass is 16.4. The van der Waals surface area contributed by atoms with Gasteiger partial charge in [0.05, 0.1) is 0 Å². The number of carbonyl (C=O) groups is 2. The Morgan fingerprint density at radius 3 is 2.67 bits per heavy atom. The molecule has 15 heavy (non-hydrogen) atoms. The molecule has 0 bridgehead atoms. The van der Waals surface area contributed by atoms with Gasteiger partial charge in [0.25, 0.3) is 0 Å². The lowest BCUT2D eigenvalue weighted by Crippen LogP contribution is -2.29. The first-order valence-electron chi connectivity index (χ1n) is 5.33. The lowest BCUT2D eigenvalue weighted by molar-refractivity contribution is -0.137. The largest absolute Gasteiger partial charge is 0.481 e. The Morgan fingerprint density at radius 2 is 2.13 bits per heavy atom. The van der Waals surface area contributed by atoms with Gasteiger partial charge in [-0.05, 0) is 25.3 Å². The van der Waals surface area contributed by atoms with Gasteiger partial charge >= 0.3 is 5.97 Å². The first kappa shape index (κ1) is 12.0. The third kappa shape index (κ3) is 3.87. The van der Waals surface area contributed by atoms with E-state index in [1.165, 1.54) is 0 Å². The van der Waals surface area contributed by atoms with Crippen LogP contribution in [0.2, 0.25) is 0 Å². The maximum absolute atomic E-state index is 11.6. The number of carboxylic acids is 1. The molecule has 0 aliphatic carbocycles. The summed E-state index contributed by atoms with van der Waals surface area (Å²) in [6, 6.07) is 0. The van der Waals surface area contributed by atoms with E-state index in [2.05, 4.69) is 0 Å². The number of rotatable bonds is 5. The van der Waals surface area contributed by atoms with Crippen LogP contribution in [0.15, 0.2) is 0 Å². The quantitative estimate of drug-likeness (QED) is 0.677. The number of nitrogens with zero attached hydrogens (tertiary/aromatic N) is 1. The van der Waals surface area contributed by atoms with Crippen LogP contribution < -0.4 is 5.73 Å². The minimum Gasteiger partial charge on any atom is -0.481 e. The standard InChI is InChI=1S/C10H18N2O3/c11-6-8-4-5-12(7-8)9(13)2-1-3-10(14)15/h8H,1-7,11H2,(H,14,15). The Morgan fingerprint density at radius 1 is 1.40 bits per heavy atom. The van der Waals surface area contributed by atoms with Gasteiger partial charge in [-0.2, -0.15) is 0 Å². The SMILES string of the molecule is NCC1CCN(C(=O)CCCC(=O)O)C1. The highest BCUT2D eigenvalue weighted by molar-refractivity contribution is 5.77. The Bertz CT molecular complexity index is 243. The molecular formula is C10H18N2O3. The lowest BCUT2D eigenvalue weighted by Gasteiger charge is -2.15. The molecule has 1 rings (SSSR count). The average molecular weight is 214 g/mol. The minimum atomic E-state index is -0.843. The minimum absolute atomic E-state index is 0.0622. The van der Waals surface area contributed by atoms with E-state index in [4.69, 9.17) is 10.8 Å². The fourth-order valence-electron chi connectivity index (χ4n) is 1.80. The van der Waals surface area contributed by atoms with Crippen molar-refractivity contribution in [3.63, 3.8) is 0 Å². The number of aliphatic carboxylic acids is 1. The number of nitrogens with two attached hydrogens (primary N) is 1. The second kappa shape index (κ2) is 5.70. The number of carboxylic acid groups (broad SMARTS) is 1. The second-order valence-corrected chi connectivity index (χ2v) is 3.98. The third-order valence-electron chi connectivity index (χ3n) is 2.75. The second-order valence-electron chi connectivity index (χ2n) is 3.98. The van der Waals surface area contributed by atoms with Crippen LogP contribution in [0.5, 0.6) is 0 Å². The maximum Gasteiger partial charge on any atom is 0.303 e. The van der Waals surface area contributed by atoms with E-state index in [9.17, 15) is 9.59 Å². The van der Waals surface area contributed by atoms with Crippen molar-refractivity contribution < 1.29 is 14.7 Å². The fourth-order valence-corrected chi connectivity index (χ4v) is 1.80. The van der Waals surface area contributed by atoms with Crippen molar-refractivity contribution in [1.29, 1.82) is 0 Å². The molecule has 1 aliphatic heterocycles. The van der Waals surface area contributed by atoms with Gasteiger partial charge in [-0.1, -0.05) is 0 Å². The van der Waals surface area contributed by atoms with Crippen molar-refractivity contribution in [2.24, 2.45) is 11.7 Å². The van der Waals surface area contributed by atoms with Gasteiger partial charge in [-0.3, -0.25) is 9.59 Å². The maximum atomic E-state index is 11.6. The van der Waals surface area contributed by atoms with Gasteiger partial charge < -0.3 is 15.7 Å². The smallest absolute Gasteiger partial charge is 0.303 e. The van der Waals surface area contributed by atoms with Crippen molar-refractivity contribution >= 4 is 11.9 Å². The topological polar surface area (TPSA) is 83.6 Å². The normalized spacial score (nSPS) is 20.6. The molecule has 1 unspecified atom stereocenters. The first-order chi connectivity index (χ1) is 7.13. The van der Waals surface area contributed by atoms with Gasteiger partial charge in [0, 0.05) is 25.9 Å². The summed E-state index contributed by atoms with van der Waals surface area (Å²) in [4.78, 5) is 23.6. The molecule has 3 N–H and O–H groups in total. The number of hydrogen-bond donors (Lipinski definition) is 2. The summed E-state index contributed by atoms with van der Waals surface area (Å²) >= 11 is 0. The van der Waals surface area contributed by atoms with E-state index in [1.807, 2.05) is 0 Å². The molecule has 1 amide bonds. The molecule has 1 saturated heterocycles. The molecule has 86 valence electrons. The van der Waals surface area contributed by atoms with E-state index in [1.54, 1.807) is 4.90 Å². The fraction of sp³-hybridized carbons (Fsp3) is 0.800. The van der Waals surface area contributed by atoms with Crippen molar-refractivity contribution in [2.45, 2.75) is 25.7 Å². The summed E-state index contributed by atoms with van der Waals surface area (Å²) in [7, 11) is 0. The van der Waals surface area contributed by atoms with E-state index >= 15 is 0 Å². The average Bonchev–Trinajstić information content (AvgIpc) is 2.65. The van der Waals surface area contributed by atoms with Crippen LogP contribution in [0.25, 0.3) is 0 Å². The molecule has 0 spiro atoms. The Balaban J connectivity index is 2.20. The van der Waals surface area contributed by atoms with Crippen molar-refractivity contribution in [3.8, 4) is 0 Å². The van der Waals surface area contributed by atoms with Crippen molar-refractivity contribution in [3.05, 3.63) is 0 Å². The molecule has 0 saturated carbocycles. The zero-order valence-electron chi connectivity index (χ0n) is 8.82. The molecular weight excluding hydrogens is 196 g/mol. The van der Waals surface area contributed by atoms with Crippen LogP contribution in [-0.4, -0.2) is 41.5 Å². The summed E-state index contributed by atoms with van der Waals surface area (Å²) in [5.74, 6) is -0.357. The predicted molar refractivity (Wildman–Crippen MR) is 55.2 cm³/mol. The van der Waals surface area contributed by atoms with Gasteiger partial charge in [0.2, 0.25) is 5.91 Å². The van der Waals surface area contributed by atoms with Crippen LogP contribution in [0, 0.1) is 5.92 Å². The van der Waals surface area contributed by atoms with Crippen LogP contribution in [0.3, 0.4) is 0 Å². The Kier molecular flexibility index (Phi) is 4.55. The molecule has 1 aliphatic rings. The van der Waals surface area contributed by atoms with Gasteiger partial charge in [-0.25, -0.2) is 0 Å². The molecule has 1 fully saturated rings. The van der Waals surface area contributed by atoms with Crippen LogP contribution in [-0.2, 0) is 9.59 Å². The van der Waals surface area contributed by atoms with Crippen molar-refractivity contribution in [2.75, 3.05) is 19.6 Å². The molecule has 1 heterocycles. The summed E-state index contributed by atoms with van der Waals surface area (Å²) in [6.45, 7) is 2.13. The van der Waals surface area contributed by atoms with Crippen LogP contribution in [0.4, 0.5) is 0 Å². The summed E-state index contributed by atoms with van der Waals surface area (Å²) in [5, 5.41) is 8.43. The number of likely N-dealkylation sites (tertiary alicyclic amines) is 1. The van der Waals surface area contributed by atoms with Crippen molar-refractivity contribution in [1.82, 2.24) is 4.90 Å². The number of hydrogen-bond acceptors (Lipinski definition) is 3. The van der Waals surface area contributed by atoms with Gasteiger partial charge in [0.1, 0.15) is 0 Å². The predicted octanol–water partition coefficient (Wildman–Crippen LogP) is 0.0485. The molecule has 5 heteroatoms. The van der Waals surface area contributed by atoms with E-state index in [0.717, 1.165) is 19.5 Å². The Hall–Kier alpha value is -1.10. The van der Waals surface area contributed by atoms with Gasteiger partial charge in [-0.15, -0.1) is 0 Å². The highest BCUT2D eigenvalue weighted by Crippen LogP contribution is 2.16. The molecule has 0 aromatic heterocycles. The summed E-state index contributed by atoms with van der Waals surface area (Å²) in [5.41, 5.74) is 5.52. The third-order valence-corrected chi connectivity index (χ3v) is 2.75. The number of amides is 1. The van der Waals surface area contributed by atoms with Crippen LogP contribution >= 0.6 is 0 Å². The van der Waals surface area contributed by atoms with E-state index in [-0.39, 0.29) is 12.3 Å². The number of carbonyl (C=O) groups excluding carboxylic acids is 1. The molecule has 1 atom stereocenters. The first-order valence-corrected chi connectivity index (χ1v) is 5.33. The zero-order chi connectivity index (χ0) is 11.3. The van der Waals surface area contributed by atoms with Gasteiger partial charge in [0.15, 0.2) is 0 Å². The summed E-state index contributed by atoms with van der Waals surface area (Å²) in [6.07, 6.45) is 1.81. The highest BCUT2D eigenvalue weighted by Gasteiger charge is 2.24. The lowest BCUT2D eigenvalue weighted by atomic mass is 10.1. The molecule has 0 aromatic rings.